The second-order valence-electron chi connectivity index (χ2n) is 11.6. The van der Waals surface area contributed by atoms with Crippen LogP contribution in [0.25, 0.3) is 11.2 Å². The van der Waals surface area contributed by atoms with Crippen LogP contribution in [0.1, 0.15) is 56.1 Å². The first-order valence-corrected chi connectivity index (χ1v) is 13.9. The topological polar surface area (TPSA) is 120 Å². The number of hydrogen-bond donors (Lipinski definition) is 1. The van der Waals surface area contributed by atoms with Gasteiger partial charge >= 0.3 is 6.09 Å². The van der Waals surface area contributed by atoms with Gasteiger partial charge < -0.3 is 14.8 Å². The molecule has 0 aliphatic heterocycles. The number of hydrogen-bond acceptors (Lipinski definition) is 8. The Morgan fingerprint density at radius 2 is 1.93 bits per heavy atom. The van der Waals surface area contributed by atoms with Crippen LogP contribution >= 0.6 is 0 Å². The van der Waals surface area contributed by atoms with Gasteiger partial charge in [0.2, 0.25) is 0 Å². The predicted octanol–water partition coefficient (Wildman–Crippen LogP) is 5.30. The minimum Gasteiger partial charge on any atom is -0.443 e. The molecule has 11 nitrogen and oxygen atoms in total. The fraction of sp³-hybridized carbons (Fsp3) is 0.387. The number of ether oxygens (including phenoxy) is 2. The minimum atomic E-state index is -0.716. The maximum atomic E-state index is 13.5. The number of carbonyl (C=O) groups excluding carboxylic acids is 2. The van der Waals surface area contributed by atoms with Crippen molar-refractivity contribution in [2.75, 3.05) is 24.4 Å². The van der Waals surface area contributed by atoms with Crippen LogP contribution in [-0.4, -0.2) is 56.9 Å². The maximum Gasteiger partial charge on any atom is 0.415 e. The number of fused-ring (bicyclic) bond motifs is 1. The number of ketones is 1. The van der Waals surface area contributed by atoms with Gasteiger partial charge in [-0.3, -0.25) is 24.0 Å². The Morgan fingerprint density at radius 3 is 2.57 bits per heavy atom. The first kappa shape index (κ1) is 29.0. The van der Waals surface area contributed by atoms with E-state index in [1.54, 1.807) is 71.6 Å². The minimum absolute atomic E-state index is 0.0614. The first-order chi connectivity index (χ1) is 19.9. The number of methoxy groups -OCH3 is 1. The molecule has 5 rings (SSSR count). The van der Waals surface area contributed by atoms with Gasteiger partial charge in [0.25, 0.3) is 5.56 Å². The Hall–Kier alpha value is -4.51. The molecule has 1 aliphatic carbocycles. The van der Waals surface area contributed by atoms with Gasteiger partial charge in [0, 0.05) is 44.2 Å². The number of nitrogens with zero attached hydrogens (tertiary/aromatic N) is 5. The molecule has 0 aromatic carbocycles. The summed E-state index contributed by atoms with van der Waals surface area (Å²) < 4.78 is 14.1. The standard InChI is InChI=1S/C31H36N6O5/c1-19-9-11-22(17-32-19)36-13-7-8-24(29(36)39)34-21-15-25-23(26(38)14-20-10-12-27(20)41-6)18-33-37(25)28(16-21)35(5)30(40)42-31(2,3)4/h7-9,11,13,15-18,20,27,34H,10,12,14H2,1-6H3/t20-,27+/m1/s1. The van der Waals surface area contributed by atoms with E-state index < -0.39 is 11.7 Å². The number of nitrogens with one attached hydrogen (secondary N) is 1. The highest BCUT2D eigenvalue weighted by atomic mass is 16.6. The Labute approximate surface area is 244 Å². The summed E-state index contributed by atoms with van der Waals surface area (Å²) in [6.07, 6.45) is 6.53. The van der Waals surface area contributed by atoms with Crippen molar-refractivity contribution in [2.24, 2.45) is 5.92 Å². The van der Waals surface area contributed by atoms with E-state index in [2.05, 4.69) is 15.4 Å². The molecule has 1 aliphatic rings. The molecular formula is C31H36N6O5. The number of anilines is 3. The normalized spacial score (nSPS) is 16.6. The van der Waals surface area contributed by atoms with E-state index in [-0.39, 0.29) is 23.4 Å². The molecule has 0 saturated heterocycles. The first-order valence-electron chi connectivity index (χ1n) is 13.9. The number of Topliss-reactive ketones (excluding diaryl/α,β-unsaturated/α-hetero) is 1. The van der Waals surface area contributed by atoms with E-state index in [9.17, 15) is 14.4 Å². The van der Waals surface area contributed by atoms with E-state index >= 15 is 0 Å². The van der Waals surface area contributed by atoms with Crippen molar-refractivity contribution in [3.63, 3.8) is 0 Å². The number of rotatable bonds is 8. The van der Waals surface area contributed by atoms with Gasteiger partial charge in [0.1, 0.15) is 17.1 Å². The van der Waals surface area contributed by atoms with Crippen LogP contribution in [0, 0.1) is 12.8 Å². The zero-order chi connectivity index (χ0) is 30.2. The summed E-state index contributed by atoms with van der Waals surface area (Å²) in [4.78, 5) is 45.6. The number of carbonyl (C=O) groups is 2. The molecule has 0 bridgehead atoms. The van der Waals surface area contributed by atoms with Gasteiger partial charge in [-0.15, -0.1) is 0 Å². The van der Waals surface area contributed by atoms with Gasteiger partial charge in [-0.05, 0) is 76.8 Å². The molecule has 0 spiro atoms. The molecular weight excluding hydrogens is 536 g/mol. The largest absolute Gasteiger partial charge is 0.443 e. The summed E-state index contributed by atoms with van der Waals surface area (Å²) in [5.74, 6) is 0.455. The van der Waals surface area contributed by atoms with E-state index in [0.717, 1.165) is 18.5 Å². The third kappa shape index (κ3) is 5.91. The molecule has 1 fully saturated rings. The Bertz CT molecular complexity index is 1680. The van der Waals surface area contributed by atoms with Crippen molar-refractivity contribution in [1.82, 2.24) is 19.2 Å². The average molecular weight is 573 g/mol. The van der Waals surface area contributed by atoms with E-state index in [4.69, 9.17) is 9.47 Å². The van der Waals surface area contributed by atoms with Crippen molar-refractivity contribution in [2.45, 2.75) is 58.7 Å². The highest BCUT2D eigenvalue weighted by Gasteiger charge is 2.33. The van der Waals surface area contributed by atoms with Gasteiger partial charge in [-0.25, -0.2) is 9.31 Å². The van der Waals surface area contributed by atoms with Gasteiger partial charge in [-0.2, -0.15) is 5.10 Å². The SMILES string of the molecule is CO[C@H]1CC[C@@H]1CC(=O)c1cnn2c(N(C)C(=O)OC(C)(C)C)cc(Nc3cccn(-c4ccc(C)nc4)c3=O)cc12. The Kier molecular flexibility index (Phi) is 7.87. The molecule has 220 valence electrons. The molecule has 0 unspecified atom stereocenters. The third-order valence-electron chi connectivity index (χ3n) is 7.41. The summed E-state index contributed by atoms with van der Waals surface area (Å²) in [6, 6.07) is 10.5. The van der Waals surface area contributed by atoms with Gasteiger partial charge in [-0.1, -0.05) is 0 Å². The smallest absolute Gasteiger partial charge is 0.415 e. The summed E-state index contributed by atoms with van der Waals surface area (Å²) in [5.41, 5.74) is 2.20. The maximum absolute atomic E-state index is 13.5. The zero-order valence-electron chi connectivity index (χ0n) is 24.7. The molecule has 1 N–H and O–H groups in total. The summed E-state index contributed by atoms with van der Waals surface area (Å²) >= 11 is 0. The zero-order valence-corrected chi connectivity index (χ0v) is 24.7. The second kappa shape index (κ2) is 11.4. The van der Waals surface area contributed by atoms with Crippen LogP contribution in [0.2, 0.25) is 0 Å². The Balaban J connectivity index is 1.55. The van der Waals surface area contributed by atoms with Gasteiger partial charge in [0.05, 0.1) is 35.3 Å². The fourth-order valence-electron chi connectivity index (χ4n) is 5.00. The molecule has 1 amide bonds. The predicted molar refractivity (Wildman–Crippen MR) is 160 cm³/mol. The van der Waals surface area contributed by atoms with Crippen LogP contribution in [0.3, 0.4) is 0 Å². The van der Waals surface area contributed by atoms with Crippen LogP contribution in [0.5, 0.6) is 0 Å². The third-order valence-corrected chi connectivity index (χ3v) is 7.41. The molecule has 42 heavy (non-hydrogen) atoms. The lowest BCUT2D eigenvalue weighted by molar-refractivity contribution is -0.0171. The van der Waals surface area contributed by atoms with E-state index in [1.807, 2.05) is 19.1 Å². The number of aryl methyl sites for hydroxylation is 1. The lowest BCUT2D eigenvalue weighted by Gasteiger charge is -2.34. The van der Waals surface area contributed by atoms with Crippen LogP contribution in [-0.2, 0) is 9.47 Å². The highest BCUT2D eigenvalue weighted by Crippen LogP contribution is 2.35. The molecule has 4 aromatic heterocycles. The number of pyridine rings is 3. The number of aromatic nitrogens is 4. The average Bonchev–Trinajstić information content (AvgIpc) is 3.35. The summed E-state index contributed by atoms with van der Waals surface area (Å²) in [6.45, 7) is 7.24. The molecule has 0 radical (unpaired) electrons. The van der Waals surface area contributed by atoms with Crippen molar-refractivity contribution >= 4 is 34.6 Å². The lowest BCUT2D eigenvalue weighted by atomic mass is 9.78. The van der Waals surface area contributed by atoms with Crippen molar-refractivity contribution < 1.29 is 19.1 Å². The van der Waals surface area contributed by atoms with E-state index in [0.29, 0.717) is 40.4 Å². The van der Waals surface area contributed by atoms with E-state index in [1.165, 1.54) is 20.2 Å². The fourth-order valence-corrected chi connectivity index (χ4v) is 5.00. The monoisotopic (exact) mass is 572 g/mol. The van der Waals surface area contributed by atoms with Crippen LogP contribution < -0.4 is 15.8 Å². The molecule has 4 aromatic rings. The van der Waals surface area contributed by atoms with Crippen molar-refractivity contribution in [3.05, 3.63) is 76.6 Å². The van der Waals surface area contributed by atoms with Crippen molar-refractivity contribution in [3.8, 4) is 5.69 Å². The summed E-state index contributed by atoms with van der Waals surface area (Å²) in [7, 11) is 3.24. The number of amides is 1. The van der Waals surface area contributed by atoms with Crippen molar-refractivity contribution in [1.29, 1.82) is 0 Å². The van der Waals surface area contributed by atoms with Crippen LogP contribution in [0.15, 0.2) is 59.8 Å². The Morgan fingerprint density at radius 1 is 1.14 bits per heavy atom. The molecule has 11 heteroatoms. The van der Waals surface area contributed by atoms with Crippen LogP contribution in [0.4, 0.5) is 22.0 Å². The molecule has 2 atom stereocenters. The molecule has 1 saturated carbocycles. The molecule has 4 heterocycles. The quantitative estimate of drug-likeness (QED) is 0.283. The second-order valence-corrected chi connectivity index (χ2v) is 11.6. The van der Waals surface area contributed by atoms with Gasteiger partial charge in [0.15, 0.2) is 5.78 Å². The highest BCUT2D eigenvalue weighted by molar-refractivity contribution is 6.03. The summed E-state index contributed by atoms with van der Waals surface area (Å²) in [5, 5.41) is 7.67. The lowest BCUT2D eigenvalue weighted by Crippen LogP contribution is -2.35.